The fourth-order valence-corrected chi connectivity index (χ4v) is 4.34. The lowest BCUT2D eigenvalue weighted by Crippen LogP contribution is -2.37. The van der Waals surface area contributed by atoms with Crippen LogP contribution in [0.4, 0.5) is 0 Å². The summed E-state index contributed by atoms with van der Waals surface area (Å²) >= 11 is 0. The molecule has 0 saturated heterocycles. The van der Waals surface area contributed by atoms with E-state index in [1.54, 1.807) is 19.1 Å². The molecule has 1 aromatic carbocycles. The molecule has 40 heavy (non-hydrogen) atoms. The van der Waals surface area contributed by atoms with Crippen molar-refractivity contribution in [3.05, 3.63) is 23.8 Å². The summed E-state index contributed by atoms with van der Waals surface area (Å²) in [7, 11) is 0. The second kappa shape index (κ2) is 14.6. The predicted octanol–water partition coefficient (Wildman–Crippen LogP) is 5.29. The molecule has 0 aromatic heterocycles. The summed E-state index contributed by atoms with van der Waals surface area (Å²) in [6.07, 6.45) is 4.63. The average molecular weight is 562 g/mol. The van der Waals surface area contributed by atoms with Crippen LogP contribution in [0.1, 0.15) is 99.0 Å². The number of hydrogen-bond acceptors (Lipinski definition) is 9. The van der Waals surface area contributed by atoms with Gasteiger partial charge in [0.1, 0.15) is 18.8 Å². The SMILES string of the molecule is C[C@@H](COC(=O)C1CCCCC1)OC(=O)[C@@H](N)Cc1ccc(OC(=O)CC(C)(C)C)c(OC(=O)CC(C)(C)C)c1. The highest BCUT2D eigenvalue weighted by Gasteiger charge is 2.26. The third-order valence-electron chi connectivity index (χ3n) is 6.28. The lowest BCUT2D eigenvalue weighted by atomic mass is 9.89. The summed E-state index contributed by atoms with van der Waals surface area (Å²) in [5, 5.41) is 0. The average Bonchev–Trinajstić information content (AvgIpc) is 2.82. The summed E-state index contributed by atoms with van der Waals surface area (Å²) in [5.74, 6) is -1.70. The van der Waals surface area contributed by atoms with Gasteiger partial charge in [0.15, 0.2) is 11.5 Å². The third-order valence-corrected chi connectivity index (χ3v) is 6.28. The molecular formula is C31H47NO8. The molecule has 9 nitrogen and oxygen atoms in total. The molecule has 0 radical (unpaired) electrons. The van der Waals surface area contributed by atoms with E-state index in [2.05, 4.69) is 0 Å². The highest BCUT2D eigenvalue weighted by Crippen LogP contribution is 2.32. The van der Waals surface area contributed by atoms with Crippen LogP contribution < -0.4 is 15.2 Å². The second-order valence-corrected chi connectivity index (χ2v) is 13.2. The first-order chi connectivity index (χ1) is 18.5. The van der Waals surface area contributed by atoms with E-state index >= 15 is 0 Å². The molecule has 2 atom stereocenters. The van der Waals surface area contributed by atoms with E-state index in [1.807, 2.05) is 41.5 Å². The Morgan fingerprint density at radius 2 is 1.43 bits per heavy atom. The standard InChI is InChI=1S/C31H47NO8/c1-20(19-37-28(35)22-11-9-8-10-12-22)38-29(36)23(32)15-21-13-14-24(39-26(33)17-30(2,3)4)25(16-21)40-27(34)18-31(5,6)7/h13-14,16,20,22-23H,8-12,15,17-19,32H2,1-7H3/t20-,23-/m0/s1. The van der Waals surface area contributed by atoms with Crippen LogP contribution in [0.5, 0.6) is 11.5 Å². The smallest absolute Gasteiger partial charge is 0.323 e. The number of ether oxygens (including phenoxy) is 4. The van der Waals surface area contributed by atoms with Crippen LogP contribution in [0, 0.1) is 16.7 Å². The van der Waals surface area contributed by atoms with Gasteiger partial charge in [0.2, 0.25) is 0 Å². The first-order valence-electron chi connectivity index (χ1n) is 14.2. The van der Waals surface area contributed by atoms with Gasteiger partial charge in [-0.1, -0.05) is 66.9 Å². The van der Waals surface area contributed by atoms with Gasteiger partial charge < -0.3 is 24.7 Å². The Labute approximate surface area is 238 Å². The van der Waals surface area contributed by atoms with Crippen LogP contribution in [-0.4, -0.2) is 42.6 Å². The summed E-state index contributed by atoms with van der Waals surface area (Å²) in [5.41, 5.74) is 6.13. The van der Waals surface area contributed by atoms with E-state index in [1.165, 1.54) is 6.07 Å². The highest BCUT2D eigenvalue weighted by molar-refractivity contribution is 5.78. The molecule has 1 fully saturated rings. The zero-order chi connectivity index (χ0) is 30.1. The molecule has 0 heterocycles. The normalized spacial score (nSPS) is 16.0. The van der Waals surface area contributed by atoms with Crippen molar-refractivity contribution in [2.45, 2.75) is 112 Å². The van der Waals surface area contributed by atoms with E-state index in [0.717, 1.165) is 32.1 Å². The monoisotopic (exact) mass is 561 g/mol. The van der Waals surface area contributed by atoms with Gasteiger partial charge in [-0.3, -0.25) is 19.2 Å². The number of esters is 4. The van der Waals surface area contributed by atoms with Crippen LogP contribution in [0.2, 0.25) is 0 Å². The van der Waals surface area contributed by atoms with Gasteiger partial charge in [-0.25, -0.2) is 0 Å². The number of carbonyl (C=O) groups is 4. The topological polar surface area (TPSA) is 131 Å². The highest BCUT2D eigenvalue weighted by atomic mass is 16.6. The van der Waals surface area contributed by atoms with Crippen LogP contribution in [0.3, 0.4) is 0 Å². The fraction of sp³-hybridized carbons (Fsp3) is 0.677. The Morgan fingerprint density at radius 3 is 1.98 bits per heavy atom. The van der Waals surface area contributed by atoms with Crippen molar-refractivity contribution in [3.63, 3.8) is 0 Å². The Bertz CT molecular complexity index is 1030. The number of benzene rings is 1. The van der Waals surface area contributed by atoms with Crippen molar-refractivity contribution in [3.8, 4) is 11.5 Å². The quantitative estimate of drug-likeness (QED) is 0.282. The van der Waals surface area contributed by atoms with Crippen molar-refractivity contribution >= 4 is 23.9 Å². The van der Waals surface area contributed by atoms with E-state index < -0.39 is 30.1 Å². The molecule has 9 heteroatoms. The summed E-state index contributed by atoms with van der Waals surface area (Å²) in [4.78, 5) is 49.9. The van der Waals surface area contributed by atoms with Crippen molar-refractivity contribution in [1.29, 1.82) is 0 Å². The third kappa shape index (κ3) is 12.5. The second-order valence-electron chi connectivity index (χ2n) is 13.2. The lowest BCUT2D eigenvalue weighted by molar-refractivity contribution is -0.161. The Morgan fingerprint density at radius 1 is 0.875 bits per heavy atom. The first-order valence-corrected chi connectivity index (χ1v) is 14.2. The maximum atomic E-state index is 12.6. The molecule has 1 saturated carbocycles. The van der Waals surface area contributed by atoms with Crippen molar-refractivity contribution in [2.24, 2.45) is 22.5 Å². The molecule has 1 aliphatic rings. The summed E-state index contributed by atoms with van der Waals surface area (Å²) in [6, 6.07) is 3.72. The molecule has 224 valence electrons. The number of carbonyl (C=O) groups excluding carboxylic acids is 4. The van der Waals surface area contributed by atoms with Crippen LogP contribution in [-0.2, 0) is 35.1 Å². The fourth-order valence-electron chi connectivity index (χ4n) is 4.34. The van der Waals surface area contributed by atoms with Crippen molar-refractivity contribution in [1.82, 2.24) is 0 Å². The minimum atomic E-state index is -1.01. The summed E-state index contributed by atoms with van der Waals surface area (Å²) in [6.45, 7) is 13.1. The molecule has 0 aliphatic heterocycles. The van der Waals surface area contributed by atoms with Crippen LogP contribution >= 0.6 is 0 Å². The van der Waals surface area contributed by atoms with Gasteiger partial charge >= 0.3 is 23.9 Å². The maximum absolute atomic E-state index is 12.6. The molecule has 2 rings (SSSR count). The zero-order valence-corrected chi connectivity index (χ0v) is 25.2. The minimum Gasteiger partial charge on any atom is -0.462 e. The van der Waals surface area contributed by atoms with E-state index in [9.17, 15) is 19.2 Å². The van der Waals surface area contributed by atoms with Gasteiger partial charge in [-0.15, -0.1) is 0 Å². The molecule has 1 aliphatic carbocycles. The van der Waals surface area contributed by atoms with Crippen molar-refractivity contribution < 1.29 is 38.1 Å². The van der Waals surface area contributed by atoms with Gasteiger partial charge in [0, 0.05) is 0 Å². The molecule has 1 aromatic rings. The first kappa shape index (κ1) is 33.3. The molecule has 0 spiro atoms. The van der Waals surface area contributed by atoms with Crippen molar-refractivity contribution in [2.75, 3.05) is 6.61 Å². The molecular weight excluding hydrogens is 514 g/mol. The molecule has 2 N–H and O–H groups in total. The largest absolute Gasteiger partial charge is 0.462 e. The van der Waals surface area contributed by atoms with E-state index in [-0.39, 0.29) is 60.1 Å². The van der Waals surface area contributed by atoms with Crippen LogP contribution in [0.25, 0.3) is 0 Å². The Balaban J connectivity index is 2.03. The van der Waals surface area contributed by atoms with E-state index in [4.69, 9.17) is 24.7 Å². The lowest BCUT2D eigenvalue weighted by Gasteiger charge is -2.22. The molecule has 0 amide bonds. The van der Waals surface area contributed by atoms with Crippen LogP contribution in [0.15, 0.2) is 18.2 Å². The van der Waals surface area contributed by atoms with Gasteiger partial charge in [-0.2, -0.15) is 0 Å². The van der Waals surface area contributed by atoms with Gasteiger partial charge in [0.25, 0.3) is 0 Å². The van der Waals surface area contributed by atoms with E-state index in [0.29, 0.717) is 5.56 Å². The molecule has 0 unspecified atom stereocenters. The number of rotatable bonds is 11. The summed E-state index contributed by atoms with van der Waals surface area (Å²) < 4.78 is 21.9. The predicted molar refractivity (Wildman–Crippen MR) is 151 cm³/mol. The van der Waals surface area contributed by atoms with Gasteiger partial charge in [-0.05, 0) is 54.7 Å². The Hall–Kier alpha value is -2.94. The molecule has 0 bridgehead atoms. The zero-order valence-electron chi connectivity index (χ0n) is 25.2. The Kier molecular flexibility index (Phi) is 12.2. The number of hydrogen-bond donors (Lipinski definition) is 1. The number of nitrogens with two attached hydrogens (primary N) is 1. The van der Waals surface area contributed by atoms with Gasteiger partial charge in [0.05, 0.1) is 18.8 Å². The maximum Gasteiger partial charge on any atom is 0.323 e. The minimum absolute atomic E-state index is 0.0314.